The standard InChI is InChI=1S/C14H24N2O5S/c1-3-15(4-2)22(20,21)9-12(17)16-8-10-6-5-7-11(10)13(16)14(18)19/h10-11,13H,3-9H2,1-2H3,(H,18,19). The van der Waals surface area contributed by atoms with Crippen molar-refractivity contribution in [3.8, 4) is 0 Å². The molecule has 1 amide bonds. The molecule has 1 N–H and O–H groups in total. The normalized spacial score (nSPS) is 28.1. The minimum absolute atomic E-state index is 0.0300. The van der Waals surface area contributed by atoms with Crippen LogP contribution in [0.3, 0.4) is 0 Å². The highest BCUT2D eigenvalue weighted by Crippen LogP contribution is 2.42. The van der Waals surface area contributed by atoms with Crippen LogP contribution >= 0.6 is 0 Å². The molecule has 0 spiro atoms. The number of carboxylic acids is 1. The Kier molecular flexibility index (Phi) is 5.11. The van der Waals surface area contributed by atoms with Crippen molar-refractivity contribution in [2.75, 3.05) is 25.4 Å². The predicted octanol–water partition coefficient (Wildman–Crippen LogP) is 0.370. The molecule has 2 fully saturated rings. The topological polar surface area (TPSA) is 95.0 Å². The molecule has 1 saturated carbocycles. The summed E-state index contributed by atoms with van der Waals surface area (Å²) in [4.78, 5) is 25.2. The van der Waals surface area contributed by atoms with Gasteiger partial charge in [-0.2, -0.15) is 0 Å². The van der Waals surface area contributed by atoms with Gasteiger partial charge in [0.05, 0.1) is 0 Å². The van der Waals surface area contributed by atoms with E-state index >= 15 is 0 Å². The van der Waals surface area contributed by atoms with Gasteiger partial charge in [-0.05, 0) is 24.7 Å². The van der Waals surface area contributed by atoms with E-state index in [9.17, 15) is 23.1 Å². The van der Waals surface area contributed by atoms with E-state index in [0.29, 0.717) is 19.6 Å². The van der Waals surface area contributed by atoms with E-state index in [2.05, 4.69) is 0 Å². The van der Waals surface area contributed by atoms with E-state index < -0.39 is 33.7 Å². The molecule has 8 heteroatoms. The molecule has 1 saturated heterocycles. The number of rotatable bonds is 6. The smallest absolute Gasteiger partial charge is 0.326 e. The number of carboxylic acid groups (broad SMARTS) is 1. The van der Waals surface area contributed by atoms with Gasteiger partial charge in [-0.25, -0.2) is 17.5 Å². The maximum absolute atomic E-state index is 12.4. The van der Waals surface area contributed by atoms with E-state index in [0.717, 1.165) is 19.3 Å². The molecule has 3 unspecified atom stereocenters. The van der Waals surface area contributed by atoms with Gasteiger partial charge in [0.25, 0.3) is 0 Å². The van der Waals surface area contributed by atoms with Gasteiger partial charge in [0.15, 0.2) is 0 Å². The van der Waals surface area contributed by atoms with Crippen LogP contribution in [0.5, 0.6) is 0 Å². The number of sulfonamides is 1. The molecule has 2 aliphatic rings. The summed E-state index contributed by atoms with van der Waals surface area (Å²) in [5.41, 5.74) is 0. The van der Waals surface area contributed by atoms with Crippen molar-refractivity contribution in [2.24, 2.45) is 11.8 Å². The number of fused-ring (bicyclic) bond motifs is 1. The fourth-order valence-corrected chi connectivity index (χ4v) is 5.27. The lowest BCUT2D eigenvalue weighted by Crippen LogP contribution is -2.47. The van der Waals surface area contributed by atoms with Gasteiger partial charge in [0.2, 0.25) is 15.9 Å². The molecule has 2 rings (SSSR count). The first kappa shape index (κ1) is 17.2. The Morgan fingerprint density at radius 3 is 2.41 bits per heavy atom. The molecule has 1 heterocycles. The molecule has 1 aliphatic carbocycles. The largest absolute Gasteiger partial charge is 0.480 e. The summed E-state index contributed by atoms with van der Waals surface area (Å²) < 4.78 is 25.7. The zero-order valence-corrected chi connectivity index (χ0v) is 13.9. The van der Waals surface area contributed by atoms with Crippen LogP contribution in [0.4, 0.5) is 0 Å². The number of carbonyl (C=O) groups excluding carboxylic acids is 1. The summed E-state index contributed by atoms with van der Waals surface area (Å²) in [6.07, 6.45) is 2.70. The molecular weight excluding hydrogens is 308 g/mol. The summed E-state index contributed by atoms with van der Waals surface area (Å²) in [7, 11) is -3.68. The second kappa shape index (κ2) is 6.54. The van der Waals surface area contributed by atoms with Crippen LogP contribution in [0.2, 0.25) is 0 Å². The van der Waals surface area contributed by atoms with Gasteiger partial charge in [0, 0.05) is 19.6 Å². The minimum atomic E-state index is -3.68. The fraction of sp³-hybridized carbons (Fsp3) is 0.857. The highest BCUT2D eigenvalue weighted by Gasteiger charge is 2.50. The van der Waals surface area contributed by atoms with Gasteiger partial charge in [-0.3, -0.25) is 4.79 Å². The Balaban J connectivity index is 2.14. The molecule has 1 aliphatic heterocycles. The summed E-state index contributed by atoms with van der Waals surface area (Å²) in [6, 6.07) is -0.869. The zero-order chi connectivity index (χ0) is 16.5. The van der Waals surface area contributed by atoms with Crippen LogP contribution < -0.4 is 0 Å². The Morgan fingerprint density at radius 2 is 1.86 bits per heavy atom. The molecular formula is C14H24N2O5S. The maximum atomic E-state index is 12.4. The number of aliphatic carboxylic acids is 1. The highest BCUT2D eigenvalue weighted by molar-refractivity contribution is 7.89. The third-order valence-electron chi connectivity index (χ3n) is 4.87. The quantitative estimate of drug-likeness (QED) is 0.758. The number of hydrogen-bond donors (Lipinski definition) is 1. The monoisotopic (exact) mass is 332 g/mol. The minimum Gasteiger partial charge on any atom is -0.480 e. The molecule has 22 heavy (non-hydrogen) atoms. The molecule has 0 bridgehead atoms. The van der Waals surface area contributed by atoms with E-state index in [1.807, 2.05) is 0 Å². The van der Waals surface area contributed by atoms with Gasteiger partial charge in [-0.1, -0.05) is 20.3 Å². The van der Waals surface area contributed by atoms with Crippen LogP contribution in [0.25, 0.3) is 0 Å². The Hall–Kier alpha value is -1.15. The number of amides is 1. The van der Waals surface area contributed by atoms with Crippen molar-refractivity contribution >= 4 is 21.9 Å². The predicted molar refractivity (Wildman–Crippen MR) is 80.7 cm³/mol. The Morgan fingerprint density at radius 1 is 1.23 bits per heavy atom. The second-order valence-corrected chi connectivity index (χ2v) is 7.99. The molecule has 0 aromatic carbocycles. The van der Waals surface area contributed by atoms with Crippen molar-refractivity contribution in [1.29, 1.82) is 0 Å². The summed E-state index contributed by atoms with van der Waals surface area (Å²) >= 11 is 0. The van der Waals surface area contributed by atoms with Gasteiger partial charge in [0.1, 0.15) is 11.8 Å². The van der Waals surface area contributed by atoms with E-state index in [1.54, 1.807) is 13.8 Å². The lowest BCUT2D eigenvalue weighted by molar-refractivity contribution is -0.148. The number of carbonyl (C=O) groups is 2. The zero-order valence-electron chi connectivity index (χ0n) is 13.1. The van der Waals surface area contributed by atoms with Crippen LogP contribution in [0, 0.1) is 11.8 Å². The van der Waals surface area contributed by atoms with Crippen molar-refractivity contribution in [3.05, 3.63) is 0 Å². The third kappa shape index (κ3) is 3.12. The molecule has 7 nitrogen and oxygen atoms in total. The van der Waals surface area contributed by atoms with Crippen LogP contribution in [0.1, 0.15) is 33.1 Å². The first-order valence-corrected chi connectivity index (χ1v) is 9.42. The van der Waals surface area contributed by atoms with E-state index in [-0.39, 0.29) is 11.8 Å². The lowest BCUT2D eigenvalue weighted by Gasteiger charge is -2.26. The molecule has 0 aromatic rings. The third-order valence-corrected chi connectivity index (χ3v) is 6.78. The van der Waals surface area contributed by atoms with Crippen molar-refractivity contribution in [2.45, 2.75) is 39.2 Å². The summed E-state index contributed by atoms with van der Waals surface area (Å²) in [5.74, 6) is -2.09. The van der Waals surface area contributed by atoms with Crippen molar-refractivity contribution in [1.82, 2.24) is 9.21 Å². The first-order valence-electron chi connectivity index (χ1n) is 7.81. The molecule has 0 radical (unpaired) electrons. The average molecular weight is 332 g/mol. The Labute approximate surface area is 131 Å². The van der Waals surface area contributed by atoms with Crippen LogP contribution in [-0.4, -0.2) is 66.0 Å². The molecule has 0 aromatic heterocycles. The summed E-state index contributed by atoms with van der Waals surface area (Å²) in [5, 5.41) is 9.43. The lowest BCUT2D eigenvalue weighted by atomic mass is 9.94. The van der Waals surface area contributed by atoms with E-state index in [1.165, 1.54) is 9.21 Å². The first-order chi connectivity index (χ1) is 10.3. The number of hydrogen-bond acceptors (Lipinski definition) is 4. The Bertz CT molecular complexity index is 543. The van der Waals surface area contributed by atoms with Crippen molar-refractivity contribution < 1.29 is 23.1 Å². The second-order valence-electron chi connectivity index (χ2n) is 6.02. The SMILES string of the molecule is CCN(CC)S(=O)(=O)CC(=O)N1CC2CCCC2C1C(=O)O. The number of likely N-dealkylation sites (tertiary alicyclic amines) is 1. The average Bonchev–Trinajstić information content (AvgIpc) is 2.97. The van der Waals surface area contributed by atoms with Gasteiger partial charge in [-0.15, -0.1) is 0 Å². The molecule has 3 atom stereocenters. The maximum Gasteiger partial charge on any atom is 0.326 e. The fourth-order valence-electron chi connectivity index (χ4n) is 3.83. The van der Waals surface area contributed by atoms with Crippen molar-refractivity contribution in [3.63, 3.8) is 0 Å². The van der Waals surface area contributed by atoms with Crippen LogP contribution in [-0.2, 0) is 19.6 Å². The molecule has 126 valence electrons. The van der Waals surface area contributed by atoms with E-state index in [4.69, 9.17) is 0 Å². The van der Waals surface area contributed by atoms with Crippen LogP contribution in [0.15, 0.2) is 0 Å². The highest BCUT2D eigenvalue weighted by atomic mass is 32.2. The van der Waals surface area contributed by atoms with Gasteiger partial charge >= 0.3 is 5.97 Å². The number of nitrogens with zero attached hydrogens (tertiary/aromatic N) is 2. The summed E-state index contributed by atoms with van der Waals surface area (Å²) in [6.45, 7) is 4.41. The van der Waals surface area contributed by atoms with Gasteiger partial charge < -0.3 is 10.0 Å².